The molecular weight excluding hydrogens is 234 g/mol. The Morgan fingerprint density at radius 3 is 2.65 bits per heavy atom. The van der Waals surface area contributed by atoms with Crippen LogP contribution < -0.4 is 5.32 Å². The van der Waals surface area contributed by atoms with E-state index in [0.717, 1.165) is 29.1 Å². The van der Waals surface area contributed by atoms with E-state index < -0.39 is 0 Å². The van der Waals surface area contributed by atoms with Crippen molar-refractivity contribution in [2.45, 2.75) is 33.2 Å². The Labute approximate surface area is 104 Å². The molecule has 0 atom stereocenters. The molecule has 0 saturated heterocycles. The Hall–Kier alpha value is -1.56. The molecule has 0 fully saturated rings. The number of hydrogen-bond acceptors (Lipinski definition) is 6. The second-order valence-electron chi connectivity index (χ2n) is 3.56. The van der Waals surface area contributed by atoms with Gasteiger partial charge in [0, 0.05) is 11.1 Å². The van der Waals surface area contributed by atoms with E-state index in [9.17, 15) is 0 Å². The maximum atomic E-state index is 4.46. The number of hydrogen-bond donors (Lipinski definition) is 1. The van der Waals surface area contributed by atoms with E-state index in [2.05, 4.69) is 39.3 Å². The van der Waals surface area contributed by atoms with E-state index in [1.54, 1.807) is 11.3 Å². The SMILES string of the molecule is CCc1nnc(NCc2cncs2)nc1CC. The summed E-state index contributed by atoms with van der Waals surface area (Å²) in [6.07, 6.45) is 3.60. The molecule has 2 rings (SSSR count). The molecule has 6 heteroatoms. The molecule has 0 aliphatic carbocycles. The number of nitrogens with zero attached hydrogens (tertiary/aromatic N) is 4. The van der Waals surface area contributed by atoms with Gasteiger partial charge in [-0.1, -0.05) is 13.8 Å². The Kier molecular flexibility index (Phi) is 3.98. The van der Waals surface area contributed by atoms with Gasteiger partial charge >= 0.3 is 0 Å². The van der Waals surface area contributed by atoms with Gasteiger partial charge in [-0.05, 0) is 12.8 Å². The van der Waals surface area contributed by atoms with E-state index in [4.69, 9.17) is 0 Å². The predicted molar refractivity (Wildman–Crippen MR) is 68.0 cm³/mol. The van der Waals surface area contributed by atoms with Crippen molar-refractivity contribution >= 4 is 17.3 Å². The smallest absolute Gasteiger partial charge is 0.243 e. The maximum Gasteiger partial charge on any atom is 0.243 e. The summed E-state index contributed by atoms with van der Waals surface area (Å²) in [5.41, 5.74) is 3.82. The van der Waals surface area contributed by atoms with Crippen molar-refractivity contribution in [1.29, 1.82) is 0 Å². The fraction of sp³-hybridized carbons (Fsp3) is 0.455. The van der Waals surface area contributed by atoms with Crippen LogP contribution in [0.4, 0.5) is 5.95 Å². The van der Waals surface area contributed by atoms with Crippen molar-refractivity contribution in [3.8, 4) is 0 Å². The molecule has 2 aromatic rings. The molecule has 0 bridgehead atoms. The quantitative estimate of drug-likeness (QED) is 0.878. The molecule has 90 valence electrons. The van der Waals surface area contributed by atoms with Crippen molar-refractivity contribution in [2.75, 3.05) is 5.32 Å². The lowest BCUT2D eigenvalue weighted by atomic mass is 10.2. The molecule has 0 saturated carbocycles. The van der Waals surface area contributed by atoms with Crippen LogP contribution >= 0.6 is 11.3 Å². The van der Waals surface area contributed by atoms with Crippen molar-refractivity contribution in [3.05, 3.63) is 28.0 Å². The highest BCUT2D eigenvalue weighted by atomic mass is 32.1. The molecule has 0 unspecified atom stereocenters. The van der Waals surface area contributed by atoms with Crippen LogP contribution in [0.1, 0.15) is 30.1 Å². The summed E-state index contributed by atoms with van der Waals surface area (Å²) in [6, 6.07) is 0. The first-order valence-corrected chi connectivity index (χ1v) is 6.55. The summed E-state index contributed by atoms with van der Waals surface area (Å²) in [6.45, 7) is 4.84. The van der Waals surface area contributed by atoms with Crippen molar-refractivity contribution in [2.24, 2.45) is 0 Å². The van der Waals surface area contributed by atoms with Crippen LogP contribution in [-0.4, -0.2) is 20.2 Å². The lowest BCUT2D eigenvalue weighted by molar-refractivity contribution is 0.820. The van der Waals surface area contributed by atoms with Gasteiger partial charge in [0.2, 0.25) is 5.95 Å². The first-order valence-electron chi connectivity index (χ1n) is 5.67. The van der Waals surface area contributed by atoms with Crippen LogP contribution in [0.15, 0.2) is 11.7 Å². The van der Waals surface area contributed by atoms with E-state index >= 15 is 0 Å². The molecule has 0 amide bonds. The second kappa shape index (κ2) is 5.67. The summed E-state index contributed by atoms with van der Waals surface area (Å²) in [4.78, 5) is 9.64. The first-order chi connectivity index (χ1) is 8.33. The summed E-state index contributed by atoms with van der Waals surface area (Å²) >= 11 is 1.61. The van der Waals surface area contributed by atoms with Crippen molar-refractivity contribution < 1.29 is 0 Å². The molecule has 0 spiro atoms. The maximum absolute atomic E-state index is 4.46. The van der Waals surface area contributed by atoms with Crippen LogP contribution in [0.5, 0.6) is 0 Å². The molecule has 17 heavy (non-hydrogen) atoms. The minimum absolute atomic E-state index is 0.590. The van der Waals surface area contributed by atoms with Gasteiger partial charge in [0.05, 0.1) is 23.4 Å². The Morgan fingerprint density at radius 1 is 1.18 bits per heavy atom. The largest absolute Gasteiger partial charge is 0.348 e. The third-order valence-corrected chi connectivity index (χ3v) is 3.19. The van der Waals surface area contributed by atoms with E-state index in [1.165, 1.54) is 0 Å². The van der Waals surface area contributed by atoms with E-state index in [1.807, 2.05) is 11.7 Å². The third-order valence-electron chi connectivity index (χ3n) is 2.41. The summed E-state index contributed by atoms with van der Waals surface area (Å²) in [5.74, 6) is 0.590. The van der Waals surface area contributed by atoms with Gasteiger partial charge in [-0.2, -0.15) is 5.10 Å². The van der Waals surface area contributed by atoms with E-state index in [0.29, 0.717) is 12.5 Å². The fourth-order valence-corrected chi connectivity index (χ4v) is 2.04. The number of rotatable bonds is 5. The van der Waals surface area contributed by atoms with Crippen LogP contribution in [0.25, 0.3) is 0 Å². The topological polar surface area (TPSA) is 63.6 Å². The van der Waals surface area contributed by atoms with Gasteiger partial charge in [0.1, 0.15) is 0 Å². The minimum Gasteiger partial charge on any atom is -0.348 e. The van der Waals surface area contributed by atoms with Gasteiger partial charge in [-0.3, -0.25) is 4.98 Å². The number of aromatic nitrogens is 4. The zero-order chi connectivity index (χ0) is 12.1. The number of anilines is 1. The van der Waals surface area contributed by atoms with E-state index in [-0.39, 0.29) is 0 Å². The highest BCUT2D eigenvalue weighted by molar-refractivity contribution is 7.09. The zero-order valence-corrected chi connectivity index (χ0v) is 10.8. The normalized spacial score (nSPS) is 10.5. The standard InChI is InChI=1S/C11H15N5S/c1-3-9-10(4-2)15-16-11(14-9)13-6-8-5-12-7-17-8/h5,7H,3-4,6H2,1-2H3,(H,13,14,16). The van der Waals surface area contributed by atoms with Crippen molar-refractivity contribution in [1.82, 2.24) is 20.2 Å². The molecule has 2 aromatic heterocycles. The molecule has 5 nitrogen and oxygen atoms in total. The monoisotopic (exact) mass is 249 g/mol. The van der Waals surface area contributed by atoms with Crippen LogP contribution in [-0.2, 0) is 19.4 Å². The molecule has 1 N–H and O–H groups in total. The molecule has 2 heterocycles. The van der Waals surface area contributed by atoms with Gasteiger partial charge in [-0.25, -0.2) is 4.98 Å². The zero-order valence-electron chi connectivity index (χ0n) is 9.97. The number of aryl methyl sites for hydroxylation is 2. The summed E-state index contributed by atoms with van der Waals surface area (Å²) in [7, 11) is 0. The Morgan fingerprint density at radius 2 is 2.00 bits per heavy atom. The van der Waals surface area contributed by atoms with Gasteiger partial charge in [0.25, 0.3) is 0 Å². The first kappa shape index (κ1) is 11.9. The number of nitrogens with one attached hydrogen (secondary N) is 1. The van der Waals surface area contributed by atoms with Crippen LogP contribution in [0.2, 0.25) is 0 Å². The van der Waals surface area contributed by atoms with Gasteiger partial charge in [0.15, 0.2) is 0 Å². The highest BCUT2D eigenvalue weighted by Gasteiger charge is 2.05. The lowest BCUT2D eigenvalue weighted by Gasteiger charge is -2.06. The molecule has 0 aromatic carbocycles. The second-order valence-corrected chi connectivity index (χ2v) is 4.53. The Balaban J connectivity index is 2.06. The summed E-state index contributed by atoms with van der Waals surface area (Å²) < 4.78 is 0. The third kappa shape index (κ3) is 2.97. The molecule has 0 aliphatic rings. The average Bonchev–Trinajstić information content (AvgIpc) is 2.89. The Bertz CT molecular complexity index is 469. The van der Waals surface area contributed by atoms with Crippen molar-refractivity contribution in [3.63, 3.8) is 0 Å². The highest BCUT2D eigenvalue weighted by Crippen LogP contribution is 2.10. The number of thiazole rings is 1. The predicted octanol–water partition coefficient (Wildman–Crippen LogP) is 2.06. The van der Waals surface area contributed by atoms with Crippen LogP contribution in [0.3, 0.4) is 0 Å². The average molecular weight is 249 g/mol. The van der Waals surface area contributed by atoms with Gasteiger partial charge in [-0.15, -0.1) is 16.4 Å². The molecular formula is C11H15N5S. The fourth-order valence-electron chi connectivity index (χ4n) is 1.51. The lowest BCUT2D eigenvalue weighted by Crippen LogP contribution is -2.08. The molecule has 0 radical (unpaired) electrons. The van der Waals surface area contributed by atoms with Crippen LogP contribution in [0, 0.1) is 0 Å². The summed E-state index contributed by atoms with van der Waals surface area (Å²) in [5, 5.41) is 11.4. The molecule has 0 aliphatic heterocycles. The minimum atomic E-state index is 0.590. The van der Waals surface area contributed by atoms with Gasteiger partial charge < -0.3 is 5.32 Å².